The zero-order valence-electron chi connectivity index (χ0n) is 10.4. The molecule has 1 rings (SSSR count). The average Bonchev–Trinajstić information content (AvgIpc) is 2.26. The lowest BCUT2D eigenvalue weighted by Gasteiger charge is -2.12. The Morgan fingerprint density at radius 2 is 1.76 bits per heavy atom. The average molecular weight is 240 g/mol. The molecule has 0 aliphatic heterocycles. The van der Waals surface area contributed by atoms with Gasteiger partial charge < -0.3 is 25.7 Å². The first-order valence-electron chi connectivity index (χ1n) is 5.50. The summed E-state index contributed by atoms with van der Waals surface area (Å²) in [7, 11) is 1.64. The Balaban J connectivity index is 2.36. The molecule has 5 heteroatoms. The van der Waals surface area contributed by atoms with Crippen molar-refractivity contribution in [2.75, 3.05) is 45.0 Å². The fourth-order valence-electron chi connectivity index (χ4n) is 1.47. The quantitative estimate of drug-likeness (QED) is 0.553. The maximum atomic E-state index is 5.82. The van der Waals surface area contributed by atoms with E-state index in [1.54, 1.807) is 13.2 Å². The van der Waals surface area contributed by atoms with Gasteiger partial charge in [0.05, 0.1) is 25.5 Å². The van der Waals surface area contributed by atoms with E-state index >= 15 is 0 Å². The van der Waals surface area contributed by atoms with E-state index in [-0.39, 0.29) is 0 Å². The summed E-state index contributed by atoms with van der Waals surface area (Å²) in [5.41, 5.74) is 13.6. The van der Waals surface area contributed by atoms with Gasteiger partial charge in [-0.1, -0.05) is 0 Å². The maximum Gasteiger partial charge on any atom is 0.145 e. The molecule has 96 valence electrons. The van der Waals surface area contributed by atoms with Gasteiger partial charge in [0.1, 0.15) is 12.4 Å². The molecule has 0 aromatic heterocycles. The van der Waals surface area contributed by atoms with Crippen LogP contribution in [0.25, 0.3) is 0 Å². The Hall–Kier alpha value is -1.46. The topological polar surface area (TPSA) is 79.7 Å². The lowest BCUT2D eigenvalue weighted by Crippen LogP contribution is -2.11. The van der Waals surface area contributed by atoms with Crippen LogP contribution in [-0.2, 0) is 9.47 Å². The van der Waals surface area contributed by atoms with E-state index in [0.717, 1.165) is 5.56 Å². The number of aryl methyl sites for hydroxylation is 1. The molecule has 0 heterocycles. The molecule has 0 bridgehead atoms. The summed E-state index contributed by atoms with van der Waals surface area (Å²) < 4.78 is 15.7. The fraction of sp³-hybridized carbons (Fsp3) is 0.500. The third-order valence-electron chi connectivity index (χ3n) is 2.23. The van der Waals surface area contributed by atoms with E-state index in [1.807, 2.05) is 13.0 Å². The van der Waals surface area contributed by atoms with Crippen molar-refractivity contribution in [2.24, 2.45) is 0 Å². The van der Waals surface area contributed by atoms with Crippen LogP contribution in [0.1, 0.15) is 5.56 Å². The van der Waals surface area contributed by atoms with Crippen molar-refractivity contribution >= 4 is 11.4 Å². The predicted molar refractivity (Wildman–Crippen MR) is 68.2 cm³/mol. The van der Waals surface area contributed by atoms with Gasteiger partial charge in [0.15, 0.2) is 0 Å². The van der Waals surface area contributed by atoms with Gasteiger partial charge in [0, 0.05) is 12.8 Å². The van der Waals surface area contributed by atoms with Crippen molar-refractivity contribution in [3.63, 3.8) is 0 Å². The van der Waals surface area contributed by atoms with Crippen molar-refractivity contribution in [1.29, 1.82) is 0 Å². The minimum atomic E-state index is 0.457. The first-order chi connectivity index (χ1) is 8.15. The van der Waals surface area contributed by atoms with Crippen molar-refractivity contribution in [2.45, 2.75) is 6.92 Å². The van der Waals surface area contributed by atoms with Gasteiger partial charge >= 0.3 is 0 Å². The summed E-state index contributed by atoms with van der Waals surface area (Å²) in [6.07, 6.45) is 0. The molecular formula is C12H20N2O3. The normalized spacial score (nSPS) is 10.5. The Morgan fingerprint density at radius 1 is 1.06 bits per heavy atom. The molecule has 4 N–H and O–H groups in total. The van der Waals surface area contributed by atoms with E-state index in [2.05, 4.69) is 0 Å². The van der Waals surface area contributed by atoms with Crippen LogP contribution in [0.5, 0.6) is 5.75 Å². The van der Waals surface area contributed by atoms with Gasteiger partial charge in [-0.3, -0.25) is 0 Å². The van der Waals surface area contributed by atoms with Gasteiger partial charge in [-0.25, -0.2) is 0 Å². The molecule has 5 nitrogen and oxygen atoms in total. The van der Waals surface area contributed by atoms with E-state index in [9.17, 15) is 0 Å². The van der Waals surface area contributed by atoms with Crippen molar-refractivity contribution in [3.8, 4) is 5.75 Å². The highest BCUT2D eigenvalue weighted by Crippen LogP contribution is 2.28. The molecule has 0 fully saturated rings. The number of methoxy groups -OCH3 is 1. The van der Waals surface area contributed by atoms with Gasteiger partial charge in [-0.15, -0.1) is 0 Å². The standard InChI is InChI=1S/C12H20N2O3/c1-9-7-10(13)8-11(14)12(9)17-6-5-16-4-3-15-2/h7-8H,3-6,13-14H2,1-2H3. The Kier molecular flexibility index (Phi) is 5.59. The molecule has 1 aromatic carbocycles. The molecule has 0 aliphatic rings. The predicted octanol–water partition coefficient (Wildman–Crippen LogP) is 1.20. The number of benzene rings is 1. The number of hydrogen-bond acceptors (Lipinski definition) is 5. The summed E-state index contributed by atoms with van der Waals surface area (Å²) >= 11 is 0. The number of hydrogen-bond donors (Lipinski definition) is 2. The van der Waals surface area contributed by atoms with E-state index in [1.165, 1.54) is 0 Å². The van der Waals surface area contributed by atoms with Crippen LogP contribution in [0, 0.1) is 6.92 Å². The largest absolute Gasteiger partial charge is 0.489 e. The molecule has 0 spiro atoms. The summed E-state index contributed by atoms with van der Waals surface area (Å²) in [5.74, 6) is 0.676. The number of anilines is 2. The molecule has 17 heavy (non-hydrogen) atoms. The highest BCUT2D eigenvalue weighted by molar-refractivity contribution is 5.64. The first kappa shape index (κ1) is 13.6. The SMILES string of the molecule is COCCOCCOc1c(C)cc(N)cc1N. The second-order valence-corrected chi connectivity index (χ2v) is 3.71. The lowest BCUT2D eigenvalue weighted by molar-refractivity contribution is 0.0544. The molecule has 0 amide bonds. The lowest BCUT2D eigenvalue weighted by atomic mass is 10.1. The summed E-state index contributed by atoms with van der Waals surface area (Å²) in [5, 5.41) is 0. The van der Waals surface area contributed by atoms with Crippen molar-refractivity contribution < 1.29 is 14.2 Å². The van der Waals surface area contributed by atoms with Gasteiger partial charge in [-0.2, -0.15) is 0 Å². The first-order valence-corrected chi connectivity index (χ1v) is 5.50. The number of nitrogen functional groups attached to an aromatic ring is 2. The molecule has 1 aromatic rings. The third kappa shape index (κ3) is 4.50. The molecule has 0 saturated heterocycles. The Bertz CT molecular complexity index is 333. The van der Waals surface area contributed by atoms with Gasteiger partial charge in [0.25, 0.3) is 0 Å². The molecule has 0 saturated carbocycles. The zero-order valence-corrected chi connectivity index (χ0v) is 10.4. The van der Waals surface area contributed by atoms with E-state index < -0.39 is 0 Å². The number of nitrogens with two attached hydrogens (primary N) is 2. The zero-order chi connectivity index (χ0) is 12.7. The molecule has 0 aliphatic carbocycles. The summed E-state index contributed by atoms with van der Waals surface area (Å²) in [6.45, 7) is 4.03. The highest BCUT2D eigenvalue weighted by Gasteiger charge is 2.05. The van der Waals surface area contributed by atoms with Gasteiger partial charge in [0.2, 0.25) is 0 Å². The van der Waals surface area contributed by atoms with Crippen LogP contribution in [0.15, 0.2) is 12.1 Å². The minimum Gasteiger partial charge on any atom is -0.489 e. The minimum absolute atomic E-state index is 0.457. The van der Waals surface area contributed by atoms with E-state index in [0.29, 0.717) is 43.6 Å². The monoisotopic (exact) mass is 240 g/mol. The van der Waals surface area contributed by atoms with E-state index in [4.69, 9.17) is 25.7 Å². The molecule has 0 unspecified atom stereocenters. The van der Waals surface area contributed by atoms with Crippen LogP contribution in [0.3, 0.4) is 0 Å². The second-order valence-electron chi connectivity index (χ2n) is 3.71. The molecule has 0 radical (unpaired) electrons. The van der Waals surface area contributed by atoms with Crippen molar-refractivity contribution in [3.05, 3.63) is 17.7 Å². The fourth-order valence-corrected chi connectivity index (χ4v) is 1.47. The van der Waals surface area contributed by atoms with Crippen molar-refractivity contribution in [1.82, 2.24) is 0 Å². The Morgan fingerprint density at radius 3 is 2.41 bits per heavy atom. The molecular weight excluding hydrogens is 220 g/mol. The van der Waals surface area contributed by atoms with Crippen LogP contribution in [0.4, 0.5) is 11.4 Å². The van der Waals surface area contributed by atoms with Gasteiger partial charge in [-0.05, 0) is 24.6 Å². The highest BCUT2D eigenvalue weighted by atomic mass is 16.5. The number of ether oxygens (including phenoxy) is 3. The third-order valence-corrected chi connectivity index (χ3v) is 2.23. The number of rotatable bonds is 7. The van der Waals surface area contributed by atoms with Crippen LogP contribution >= 0.6 is 0 Å². The Labute approximate surface area is 102 Å². The summed E-state index contributed by atoms with van der Waals surface area (Å²) in [6, 6.07) is 3.52. The van der Waals surface area contributed by atoms with Crippen LogP contribution in [0.2, 0.25) is 0 Å². The second kappa shape index (κ2) is 6.98. The maximum absolute atomic E-state index is 5.82. The smallest absolute Gasteiger partial charge is 0.145 e. The van der Waals surface area contributed by atoms with Crippen LogP contribution < -0.4 is 16.2 Å². The van der Waals surface area contributed by atoms with Crippen LogP contribution in [-0.4, -0.2) is 33.5 Å². The molecule has 0 atom stereocenters. The summed E-state index contributed by atoms with van der Waals surface area (Å²) in [4.78, 5) is 0.